The van der Waals surface area contributed by atoms with Crippen molar-refractivity contribution in [3.8, 4) is 17.2 Å². The standard InChI is InChI=1S/C26H18F2N4O9S/c1-2-40-22-9-14(3-7-21(22)41-20-8-5-16(31(36)37)12-19(20)32(38)39)10-23-25(34)30(26(35)42-23)13-24(33)29-18-6-4-15(27)11-17(18)28/h3-12H,2,13H2,1H3,(H,29,33)/b23-10+. The lowest BCUT2D eigenvalue weighted by molar-refractivity contribution is -0.394. The highest BCUT2D eigenvalue weighted by atomic mass is 32.2. The summed E-state index contributed by atoms with van der Waals surface area (Å²) in [6.45, 7) is 1.10. The van der Waals surface area contributed by atoms with E-state index in [2.05, 4.69) is 5.32 Å². The van der Waals surface area contributed by atoms with Crippen molar-refractivity contribution >= 4 is 52.0 Å². The Balaban J connectivity index is 1.53. The quantitative estimate of drug-likeness (QED) is 0.174. The van der Waals surface area contributed by atoms with Gasteiger partial charge in [-0.25, -0.2) is 8.78 Å². The van der Waals surface area contributed by atoms with Crippen LogP contribution in [-0.2, 0) is 9.59 Å². The molecule has 0 aliphatic carbocycles. The van der Waals surface area contributed by atoms with E-state index in [1.807, 2.05) is 0 Å². The van der Waals surface area contributed by atoms with Crippen molar-refractivity contribution in [1.29, 1.82) is 0 Å². The van der Waals surface area contributed by atoms with Crippen LogP contribution in [0.5, 0.6) is 17.2 Å². The average molecular weight is 601 g/mol. The number of benzene rings is 3. The Kier molecular flexibility index (Phi) is 8.76. The van der Waals surface area contributed by atoms with Crippen molar-refractivity contribution in [2.75, 3.05) is 18.5 Å². The number of amides is 3. The fourth-order valence-corrected chi connectivity index (χ4v) is 4.48. The number of nitro benzene ring substituents is 2. The number of halogens is 2. The highest BCUT2D eigenvalue weighted by Gasteiger charge is 2.36. The molecule has 1 aliphatic heterocycles. The van der Waals surface area contributed by atoms with Gasteiger partial charge in [0.1, 0.15) is 18.2 Å². The van der Waals surface area contributed by atoms with Gasteiger partial charge in [-0.2, -0.15) is 0 Å². The topological polar surface area (TPSA) is 171 Å². The van der Waals surface area contributed by atoms with Crippen LogP contribution in [0, 0.1) is 31.9 Å². The molecule has 0 spiro atoms. The van der Waals surface area contributed by atoms with Gasteiger partial charge in [-0.15, -0.1) is 0 Å². The zero-order chi connectivity index (χ0) is 30.6. The SMILES string of the molecule is CCOc1cc(/C=C2/SC(=O)N(CC(=O)Nc3ccc(F)cc3F)C2=O)ccc1Oc1ccc([N+](=O)[O-])cc1[N+](=O)[O-]. The van der Waals surface area contributed by atoms with Crippen LogP contribution in [0.3, 0.4) is 0 Å². The minimum atomic E-state index is -1.03. The van der Waals surface area contributed by atoms with Crippen molar-refractivity contribution in [2.24, 2.45) is 0 Å². The third-order valence-corrected chi connectivity index (χ3v) is 6.42. The van der Waals surface area contributed by atoms with Crippen molar-refractivity contribution in [1.82, 2.24) is 4.90 Å². The Morgan fingerprint density at radius 1 is 1.00 bits per heavy atom. The number of thioether (sulfide) groups is 1. The number of imide groups is 1. The van der Waals surface area contributed by atoms with Gasteiger partial charge in [0.05, 0.1) is 33.1 Å². The molecule has 1 N–H and O–H groups in total. The third-order valence-electron chi connectivity index (χ3n) is 5.52. The minimum absolute atomic E-state index is 0.0313. The van der Waals surface area contributed by atoms with Crippen molar-refractivity contribution in [3.05, 3.63) is 96.9 Å². The van der Waals surface area contributed by atoms with Crippen LogP contribution in [-0.4, -0.2) is 45.0 Å². The molecular formula is C26H18F2N4O9S. The maximum absolute atomic E-state index is 13.8. The molecule has 0 atom stereocenters. The van der Waals surface area contributed by atoms with Crippen LogP contribution in [0.1, 0.15) is 12.5 Å². The number of rotatable bonds is 10. The second-order valence-electron chi connectivity index (χ2n) is 8.35. The molecule has 16 heteroatoms. The van der Waals surface area contributed by atoms with Crippen LogP contribution < -0.4 is 14.8 Å². The second-order valence-corrected chi connectivity index (χ2v) is 9.34. The van der Waals surface area contributed by atoms with Crippen molar-refractivity contribution in [2.45, 2.75) is 6.92 Å². The Morgan fingerprint density at radius 3 is 2.40 bits per heavy atom. The van der Waals surface area contributed by atoms with Gasteiger partial charge in [0.15, 0.2) is 11.5 Å². The summed E-state index contributed by atoms with van der Waals surface area (Å²) in [7, 11) is 0. The largest absolute Gasteiger partial charge is 0.490 e. The first-order valence-electron chi connectivity index (χ1n) is 11.8. The summed E-state index contributed by atoms with van der Waals surface area (Å²) >= 11 is 0.558. The summed E-state index contributed by atoms with van der Waals surface area (Å²) in [6, 6.07) is 9.67. The van der Waals surface area contributed by atoms with E-state index in [1.165, 1.54) is 24.3 Å². The molecule has 4 rings (SSSR count). The first-order valence-corrected chi connectivity index (χ1v) is 12.7. The van der Waals surface area contributed by atoms with E-state index < -0.39 is 56.5 Å². The molecule has 0 radical (unpaired) electrons. The number of carbonyl (C=O) groups is 3. The zero-order valence-corrected chi connectivity index (χ0v) is 22.2. The fraction of sp³-hybridized carbons (Fsp3) is 0.115. The molecule has 216 valence electrons. The predicted molar refractivity (Wildman–Crippen MR) is 145 cm³/mol. The highest BCUT2D eigenvalue weighted by Crippen LogP contribution is 2.39. The maximum Gasteiger partial charge on any atom is 0.318 e. The smallest absolute Gasteiger partial charge is 0.318 e. The number of nitrogens with one attached hydrogen (secondary N) is 1. The first-order chi connectivity index (χ1) is 20.0. The lowest BCUT2D eigenvalue weighted by Crippen LogP contribution is -2.36. The van der Waals surface area contributed by atoms with Gasteiger partial charge in [0.25, 0.3) is 16.8 Å². The number of hydrogen-bond acceptors (Lipinski definition) is 10. The molecule has 1 heterocycles. The van der Waals surface area contributed by atoms with E-state index in [4.69, 9.17) is 9.47 Å². The molecule has 0 aromatic heterocycles. The van der Waals surface area contributed by atoms with E-state index >= 15 is 0 Å². The Morgan fingerprint density at radius 2 is 1.74 bits per heavy atom. The maximum atomic E-state index is 13.8. The van der Waals surface area contributed by atoms with Gasteiger partial charge in [-0.3, -0.25) is 39.5 Å². The average Bonchev–Trinajstić information content (AvgIpc) is 3.19. The molecule has 3 amide bonds. The van der Waals surface area contributed by atoms with Gasteiger partial charge < -0.3 is 14.8 Å². The lowest BCUT2D eigenvalue weighted by atomic mass is 10.1. The van der Waals surface area contributed by atoms with Crippen molar-refractivity contribution < 1.29 is 42.5 Å². The Hall–Kier alpha value is -5.38. The van der Waals surface area contributed by atoms with Crippen LogP contribution >= 0.6 is 11.8 Å². The third kappa shape index (κ3) is 6.67. The van der Waals surface area contributed by atoms with Crippen molar-refractivity contribution in [3.63, 3.8) is 0 Å². The van der Waals surface area contributed by atoms with Gasteiger partial charge in [0.2, 0.25) is 11.7 Å². The molecule has 1 saturated heterocycles. The molecule has 1 aliphatic rings. The molecule has 0 unspecified atom stereocenters. The number of ether oxygens (including phenoxy) is 2. The number of nitrogens with zero attached hydrogens (tertiary/aromatic N) is 3. The lowest BCUT2D eigenvalue weighted by Gasteiger charge is -2.13. The van der Waals surface area contributed by atoms with E-state index in [0.29, 0.717) is 28.3 Å². The first kappa shape index (κ1) is 29.6. The van der Waals surface area contributed by atoms with Gasteiger partial charge >= 0.3 is 5.69 Å². The number of carbonyl (C=O) groups excluding carboxylic acids is 3. The van der Waals surface area contributed by atoms with Gasteiger partial charge in [0, 0.05) is 12.1 Å². The molecule has 42 heavy (non-hydrogen) atoms. The number of hydrogen-bond donors (Lipinski definition) is 1. The molecule has 0 bridgehead atoms. The minimum Gasteiger partial charge on any atom is -0.490 e. The highest BCUT2D eigenvalue weighted by molar-refractivity contribution is 8.18. The van der Waals surface area contributed by atoms with Gasteiger partial charge in [-0.1, -0.05) is 6.07 Å². The van der Waals surface area contributed by atoms with Crippen LogP contribution in [0.25, 0.3) is 6.08 Å². The van der Waals surface area contributed by atoms with E-state index in [9.17, 15) is 43.4 Å². The van der Waals surface area contributed by atoms with E-state index in [1.54, 1.807) is 6.92 Å². The molecule has 1 fully saturated rings. The molecule has 13 nitrogen and oxygen atoms in total. The monoisotopic (exact) mass is 600 g/mol. The fourth-order valence-electron chi connectivity index (χ4n) is 3.65. The van der Waals surface area contributed by atoms with E-state index in [0.717, 1.165) is 30.3 Å². The van der Waals surface area contributed by atoms with Crippen LogP contribution in [0.2, 0.25) is 0 Å². The summed E-state index contributed by atoms with van der Waals surface area (Å²) in [5.74, 6) is -3.69. The summed E-state index contributed by atoms with van der Waals surface area (Å²) in [4.78, 5) is 59.1. The van der Waals surface area contributed by atoms with Crippen LogP contribution in [0.4, 0.5) is 30.6 Å². The Labute approximate surface area is 239 Å². The van der Waals surface area contributed by atoms with Crippen LogP contribution in [0.15, 0.2) is 59.5 Å². The van der Waals surface area contributed by atoms with E-state index in [-0.39, 0.29) is 34.4 Å². The molecule has 3 aromatic carbocycles. The summed E-state index contributed by atoms with van der Waals surface area (Å²) in [6.07, 6.45) is 1.35. The molecule has 3 aromatic rings. The normalized spacial score (nSPS) is 13.8. The summed E-state index contributed by atoms with van der Waals surface area (Å²) in [5.41, 5.74) is -1.10. The second kappa shape index (κ2) is 12.4. The number of anilines is 1. The molecular weight excluding hydrogens is 582 g/mol. The number of nitro groups is 2. The van der Waals surface area contributed by atoms with Gasteiger partial charge in [-0.05, 0) is 60.7 Å². The summed E-state index contributed by atoms with van der Waals surface area (Å²) in [5, 5.41) is 23.9. The zero-order valence-electron chi connectivity index (χ0n) is 21.4. The predicted octanol–water partition coefficient (Wildman–Crippen LogP) is 5.65. The molecule has 0 saturated carbocycles. The number of non-ortho nitro benzene ring substituents is 1. The summed E-state index contributed by atoms with van der Waals surface area (Å²) < 4.78 is 38.1. The Bertz CT molecular complexity index is 1660.